The number of sulfonamides is 1. The second kappa shape index (κ2) is 6.16. The van der Waals surface area contributed by atoms with Crippen LogP contribution >= 0.6 is 0 Å². The number of hydrogen-bond donors (Lipinski definition) is 1. The van der Waals surface area contributed by atoms with E-state index in [9.17, 15) is 13.2 Å². The summed E-state index contributed by atoms with van der Waals surface area (Å²) >= 11 is 0. The quantitative estimate of drug-likeness (QED) is 0.923. The molecule has 2 aromatic carbocycles. The van der Waals surface area contributed by atoms with Crippen LogP contribution in [0.1, 0.15) is 11.1 Å². The summed E-state index contributed by atoms with van der Waals surface area (Å²) in [4.78, 5) is 13.2. The number of carbonyl (C=O) groups excluding carboxylic acids is 1. The minimum atomic E-state index is -3.65. The average Bonchev–Trinajstić information content (AvgIpc) is 2.96. The van der Waals surface area contributed by atoms with E-state index < -0.39 is 16.1 Å². The molecule has 0 saturated carbocycles. The first-order chi connectivity index (χ1) is 11.4. The van der Waals surface area contributed by atoms with Gasteiger partial charge in [0.05, 0.1) is 11.4 Å². The monoisotopic (exact) mass is 346 g/mol. The van der Waals surface area contributed by atoms with Gasteiger partial charge < -0.3 is 4.74 Å². The number of carbonyl (C=O) groups is 1. The Morgan fingerprint density at radius 2 is 1.75 bits per heavy atom. The second-order valence-electron chi connectivity index (χ2n) is 5.66. The fourth-order valence-electron chi connectivity index (χ4n) is 2.43. The summed E-state index contributed by atoms with van der Waals surface area (Å²) in [5.41, 5.74) is 3.06. The third-order valence-electron chi connectivity index (χ3n) is 3.98. The largest absolute Gasteiger partial charge is 0.447 e. The van der Waals surface area contributed by atoms with Gasteiger partial charge in [0.2, 0.25) is 0 Å². The summed E-state index contributed by atoms with van der Waals surface area (Å²) in [5, 5.41) is 0. The van der Waals surface area contributed by atoms with Gasteiger partial charge in [0.15, 0.2) is 0 Å². The van der Waals surface area contributed by atoms with Crippen molar-refractivity contribution in [3.63, 3.8) is 0 Å². The molecule has 3 rings (SSSR count). The number of cyclic esters (lactones) is 1. The topological polar surface area (TPSA) is 75.7 Å². The molecule has 1 amide bonds. The van der Waals surface area contributed by atoms with Gasteiger partial charge in [-0.25, -0.2) is 13.2 Å². The molecule has 0 bridgehead atoms. The molecule has 1 aliphatic rings. The van der Waals surface area contributed by atoms with Crippen molar-refractivity contribution in [2.75, 3.05) is 22.8 Å². The number of nitrogens with zero attached hydrogens (tertiary/aromatic N) is 1. The molecule has 126 valence electrons. The zero-order valence-corrected chi connectivity index (χ0v) is 14.3. The van der Waals surface area contributed by atoms with Crippen LogP contribution in [0.15, 0.2) is 47.4 Å². The summed E-state index contributed by atoms with van der Waals surface area (Å²) in [6.45, 7) is 4.66. The molecule has 24 heavy (non-hydrogen) atoms. The molecule has 0 atom stereocenters. The van der Waals surface area contributed by atoms with Crippen molar-refractivity contribution in [1.29, 1.82) is 0 Å². The lowest BCUT2D eigenvalue weighted by atomic mass is 10.1. The highest BCUT2D eigenvalue weighted by Crippen LogP contribution is 2.23. The number of aryl methyl sites for hydroxylation is 2. The van der Waals surface area contributed by atoms with Crippen molar-refractivity contribution in [3.05, 3.63) is 53.6 Å². The number of rotatable bonds is 4. The highest BCUT2D eigenvalue weighted by atomic mass is 32.2. The Morgan fingerprint density at radius 3 is 2.33 bits per heavy atom. The summed E-state index contributed by atoms with van der Waals surface area (Å²) in [6, 6.07) is 11.6. The van der Waals surface area contributed by atoms with E-state index in [1.165, 1.54) is 4.90 Å². The normalized spacial score (nSPS) is 14.6. The molecule has 1 aliphatic heterocycles. The minimum Gasteiger partial charge on any atom is -0.447 e. The van der Waals surface area contributed by atoms with Crippen LogP contribution in [0.25, 0.3) is 0 Å². The zero-order valence-electron chi connectivity index (χ0n) is 13.4. The van der Waals surface area contributed by atoms with Crippen LogP contribution in [-0.4, -0.2) is 27.7 Å². The molecule has 1 saturated heterocycles. The first-order valence-corrected chi connectivity index (χ1v) is 8.99. The van der Waals surface area contributed by atoms with Crippen LogP contribution in [0.5, 0.6) is 0 Å². The molecule has 0 spiro atoms. The van der Waals surface area contributed by atoms with Gasteiger partial charge in [0, 0.05) is 11.4 Å². The van der Waals surface area contributed by atoms with Crippen LogP contribution in [-0.2, 0) is 14.8 Å². The van der Waals surface area contributed by atoms with Crippen molar-refractivity contribution in [3.8, 4) is 0 Å². The molecule has 7 heteroatoms. The van der Waals surface area contributed by atoms with E-state index in [2.05, 4.69) is 4.72 Å². The summed E-state index contributed by atoms with van der Waals surface area (Å²) in [6.07, 6.45) is -0.390. The zero-order chi connectivity index (χ0) is 17.3. The van der Waals surface area contributed by atoms with Crippen molar-refractivity contribution >= 4 is 27.5 Å². The lowest BCUT2D eigenvalue weighted by Gasteiger charge is -2.14. The molecule has 0 aromatic heterocycles. The highest BCUT2D eigenvalue weighted by molar-refractivity contribution is 7.92. The Kier molecular flexibility index (Phi) is 4.19. The van der Waals surface area contributed by atoms with E-state index in [0.717, 1.165) is 11.1 Å². The minimum absolute atomic E-state index is 0.220. The fourth-order valence-corrected chi connectivity index (χ4v) is 3.58. The van der Waals surface area contributed by atoms with Gasteiger partial charge in [-0.15, -0.1) is 0 Å². The summed E-state index contributed by atoms with van der Waals surface area (Å²) < 4.78 is 32.4. The maximum absolute atomic E-state index is 12.5. The Labute approximate surface area is 141 Å². The Balaban J connectivity index is 1.80. The molecule has 0 unspecified atom stereocenters. The molecule has 1 fully saturated rings. The maximum atomic E-state index is 12.5. The van der Waals surface area contributed by atoms with Crippen molar-refractivity contribution < 1.29 is 17.9 Å². The van der Waals surface area contributed by atoms with Crippen LogP contribution in [0, 0.1) is 13.8 Å². The maximum Gasteiger partial charge on any atom is 0.414 e. The third kappa shape index (κ3) is 3.21. The molecule has 1 heterocycles. The van der Waals surface area contributed by atoms with Gasteiger partial charge >= 0.3 is 6.09 Å². The molecular weight excluding hydrogens is 328 g/mol. The lowest BCUT2D eigenvalue weighted by Crippen LogP contribution is -2.23. The van der Waals surface area contributed by atoms with Gasteiger partial charge in [-0.2, -0.15) is 0 Å². The third-order valence-corrected chi connectivity index (χ3v) is 5.36. The van der Waals surface area contributed by atoms with Crippen molar-refractivity contribution in [2.45, 2.75) is 18.7 Å². The molecule has 2 aromatic rings. The van der Waals surface area contributed by atoms with E-state index >= 15 is 0 Å². The predicted octanol–water partition coefficient (Wildman–Crippen LogP) is 3.06. The number of hydrogen-bond acceptors (Lipinski definition) is 4. The summed E-state index contributed by atoms with van der Waals surface area (Å²) in [5.74, 6) is 0. The van der Waals surface area contributed by atoms with Gasteiger partial charge in [0.25, 0.3) is 10.0 Å². The van der Waals surface area contributed by atoms with E-state index in [4.69, 9.17) is 4.74 Å². The van der Waals surface area contributed by atoms with Gasteiger partial charge in [-0.05, 0) is 61.4 Å². The summed E-state index contributed by atoms with van der Waals surface area (Å²) in [7, 11) is -3.65. The standard InChI is InChI=1S/C17H18N2O4S/c1-12-3-8-16(11-13(12)2)24(21,22)18-14-4-6-15(7-5-14)19-9-10-23-17(19)20/h3-8,11,18H,9-10H2,1-2H3. The highest BCUT2D eigenvalue weighted by Gasteiger charge is 2.23. The van der Waals surface area contributed by atoms with Gasteiger partial charge in [-0.3, -0.25) is 9.62 Å². The van der Waals surface area contributed by atoms with E-state index in [0.29, 0.717) is 24.5 Å². The number of nitrogens with one attached hydrogen (secondary N) is 1. The average molecular weight is 346 g/mol. The first kappa shape index (κ1) is 16.3. The van der Waals surface area contributed by atoms with E-state index in [-0.39, 0.29) is 4.90 Å². The van der Waals surface area contributed by atoms with Crippen LogP contribution < -0.4 is 9.62 Å². The number of benzene rings is 2. The van der Waals surface area contributed by atoms with Crippen LogP contribution in [0.2, 0.25) is 0 Å². The lowest BCUT2D eigenvalue weighted by molar-refractivity contribution is 0.181. The van der Waals surface area contributed by atoms with Crippen molar-refractivity contribution in [1.82, 2.24) is 0 Å². The molecule has 1 N–H and O–H groups in total. The fraction of sp³-hybridized carbons (Fsp3) is 0.235. The Morgan fingerprint density at radius 1 is 1.04 bits per heavy atom. The smallest absolute Gasteiger partial charge is 0.414 e. The SMILES string of the molecule is Cc1ccc(S(=O)(=O)Nc2ccc(N3CCOC3=O)cc2)cc1C. The second-order valence-corrected chi connectivity index (χ2v) is 7.35. The Bertz CT molecular complexity index is 876. The molecule has 0 radical (unpaired) electrons. The van der Waals surface area contributed by atoms with E-state index in [1.807, 2.05) is 13.8 Å². The Hall–Kier alpha value is -2.54. The van der Waals surface area contributed by atoms with Crippen LogP contribution in [0.3, 0.4) is 0 Å². The van der Waals surface area contributed by atoms with Crippen molar-refractivity contribution in [2.24, 2.45) is 0 Å². The predicted molar refractivity (Wildman–Crippen MR) is 91.9 cm³/mol. The number of amides is 1. The first-order valence-electron chi connectivity index (χ1n) is 7.51. The van der Waals surface area contributed by atoms with E-state index in [1.54, 1.807) is 42.5 Å². The van der Waals surface area contributed by atoms with Crippen LogP contribution in [0.4, 0.5) is 16.2 Å². The number of ether oxygens (including phenoxy) is 1. The van der Waals surface area contributed by atoms with Gasteiger partial charge in [0.1, 0.15) is 6.61 Å². The molecular formula is C17H18N2O4S. The molecule has 6 nitrogen and oxygen atoms in total. The molecule has 0 aliphatic carbocycles. The van der Waals surface area contributed by atoms with Gasteiger partial charge in [-0.1, -0.05) is 6.07 Å². The number of anilines is 2.